The molecule has 2 aromatic heterocycles. The zero-order chi connectivity index (χ0) is 17.1. The third-order valence-corrected chi connectivity index (χ3v) is 3.69. The summed E-state index contributed by atoms with van der Waals surface area (Å²) < 4.78 is 5.13. The predicted octanol–water partition coefficient (Wildman–Crippen LogP) is 3.98. The van der Waals surface area contributed by atoms with Gasteiger partial charge in [-0.25, -0.2) is 4.98 Å². The van der Waals surface area contributed by atoms with Crippen LogP contribution in [0.15, 0.2) is 77.4 Å². The highest BCUT2D eigenvalue weighted by Gasteiger charge is 2.15. The van der Waals surface area contributed by atoms with E-state index < -0.39 is 0 Å². The van der Waals surface area contributed by atoms with Crippen LogP contribution in [0.4, 0.5) is 5.69 Å². The number of para-hydroxylation sites is 1. The number of aromatic nitrogens is 3. The molecular formula is C19H14N4O2. The van der Waals surface area contributed by atoms with Crippen molar-refractivity contribution in [1.82, 2.24) is 15.2 Å². The molecule has 0 aliphatic heterocycles. The van der Waals surface area contributed by atoms with E-state index in [1.807, 2.05) is 48.5 Å². The molecule has 122 valence electrons. The normalized spacial score (nSPS) is 10.6. The number of aromatic amines is 1. The van der Waals surface area contributed by atoms with Crippen LogP contribution in [-0.4, -0.2) is 21.1 Å². The van der Waals surface area contributed by atoms with Crippen molar-refractivity contribution < 1.29 is 9.21 Å². The first kappa shape index (κ1) is 14.9. The van der Waals surface area contributed by atoms with E-state index in [1.165, 1.54) is 6.26 Å². The number of furan rings is 1. The second-order valence-corrected chi connectivity index (χ2v) is 5.35. The lowest BCUT2D eigenvalue weighted by atomic mass is 10.1. The van der Waals surface area contributed by atoms with E-state index >= 15 is 0 Å². The highest BCUT2D eigenvalue weighted by Crippen LogP contribution is 2.27. The molecule has 0 saturated carbocycles. The summed E-state index contributed by atoms with van der Waals surface area (Å²) in [5.74, 6) is 1.11. The third kappa shape index (κ3) is 3.05. The fraction of sp³-hybridized carbons (Fsp3) is 0. The van der Waals surface area contributed by atoms with Gasteiger partial charge in [-0.05, 0) is 24.3 Å². The molecule has 0 atom stereocenters. The lowest BCUT2D eigenvalue weighted by Crippen LogP contribution is -2.11. The summed E-state index contributed by atoms with van der Waals surface area (Å²) >= 11 is 0. The molecule has 0 radical (unpaired) electrons. The Labute approximate surface area is 143 Å². The highest BCUT2D eigenvalue weighted by molar-refractivity contribution is 6.04. The fourth-order valence-corrected chi connectivity index (χ4v) is 2.49. The van der Waals surface area contributed by atoms with Gasteiger partial charge in [0, 0.05) is 11.1 Å². The molecule has 6 heteroatoms. The first-order valence-electron chi connectivity index (χ1n) is 7.73. The molecule has 0 fully saturated rings. The van der Waals surface area contributed by atoms with Crippen molar-refractivity contribution in [1.29, 1.82) is 0 Å². The summed E-state index contributed by atoms with van der Waals surface area (Å²) in [6.07, 6.45) is 1.46. The number of anilines is 1. The van der Waals surface area contributed by atoms with Crippen LogP contribution >= 0.6 is 0 Å². The lowest BCUT2D eigenvalue weighted by Gasteiger charge is -2.07. The van der Waals surface area contributed by atoms with Gasteiger partial charge in [0.05, 0.1) is 12.0 Å². The van der Waals surface area contributed by atoms with E-state index in [9.17, 15) is 4.79 Å². The van der Waals surface area contributed by atoms with Crippen molar-refractivity contribution in [3.8, 4) is 22.8 Å². The van der Waals surface area contributed by atoms with Crippen molar-refractivity contribution >= 4 is 11.6 Å². The van der Waals surface area contributed by atoms with Crippen molar-refractivity contribution in [3.63, 3.8) is 0 Å². The average Bonchev–Trinajstić information content (AvgIpc) is 3.35. The number of hydrogen-bond acceptors (Lipinski definition) is 4. The molecule has 2 aromatic carbocycles. The smallest absolute Gasteiger partial charge is 0.291 e. The second-order valence-electron chi connectivity index (χ2n) is 5.35. The number of hydrogen-bond donors (Lipinski definition) is 2. The van der Waals surface area contributed by atoms with Gasteiger partial charge in [-0.3, -0.25) is 9.89 Å². The van der Waals surface area contributed by atoms with E-state index in [0.29, 0.717) is 17.3 Å². The van der Waals surface area contributed by atoms with Gasteiger partial charge in [0.1, 0.15) is 0 Å². The standard InChI is InChI=1S/C19H14N4O2/c24-19(16-11-6-12-25-16)20-15-10-5-4-9-14(15)18-21-17(22-23-18)13-7-2-1-3-8-13/h1-12H,(H,20,24)(H,21,22,23). The zero-order valence-electron chi connectivity index (χ0n) is 13.1. The average molecular weight is 330 g/mol. The molecule has 2 heterocycles. The van der Waals surface area contributed by atoms with Gasteiger partial charge in [0.2, 0.25) is 0 Å². The first-order valence-corrected chi connectivity index (χ1v) is 7.73. The molecule has 0 saturated heterocycles. The number of carbonyl (C=O) groups excluding carboxylic acids is 1. The van der Waals surface area contributed by atoms with E-state index in [-0.39, 0.29) is 11.7 Å². The molecular weight excluding hydrogens is 316 g/mol. The summed E-state index contributed by atoms with van der Waals surface area (Å²) in [5.41, 5.74) is 2.29. The number of nitrogens with zero attached hydrogens (tertiary/aromatic N) is 2. The molecule has 0 spiro atoms. The minimum absolute atomic E-state index is 0.248. The number of carbonyl (C=O) groups is 1. The molecule has 4 rings (SSSR count). The Morgan fingerprint density at radius 3 is 2.56 bits per heavy atom. The highest BCUT2D eigenvalue weighted by atomic mass is 16.3. The number of amides is 1. The van der Waals surface area contributed by atoms with E-state index in [2.05, 4.69) is 20.5 Å². The molecule has 1 amide bonds. The summed E-state index contributed by atoms with van der Waals surface area (Å²) in [5, 5.41) is 10.0. The molecule has 2 N–H and O–H groups in total. The fourth-order valence-electron chi connectivity index (χ4n) is 2.49. The van der Waals surface area contributed by atoms with Crippen LogP contribution in [0.2, 0.25) is 0 Å². The summed E-state index contributed by atoms with van der Waals surface area (Å²) in [7, 11) is 0. The van der Waals surface area contributed by atoms with E-state index in [0.717, 1.165) is 11.1 Å². The van der Waals surface area contributed by atoms with Crippen LogP contribution in [0.25, 0.3) is 22.8 Å². The quantitative estimate of drug-likeness (QED) is 0.593. The Bertz CT molecular complexity index is 991. The van der Waals surface area contributed by atoms with Gasteiger partial charge in [-0.2, -0.15) is 5.10 Å². The maximum Gasteiger partial charge on any atom is 0.291 e. The van der Waals surface area contributed by atoms with E-state index in [4.69, 9.17) is 4.42 Å². The van der Waals surface area contributed by atoms with Crippen LogP contribution in [-0.2, 0) is 0 Å². The zero-order valence-corrected chi connectivity index (χ0v) is 13.1. The molecule has 4 aromatic rings. The van der Waals surface area contributed by atoms with Crippen LogP contribution in [0, 0.1) is 0 Å². The van der Waals surface area contributed by atoms with Crippen molar-refractivity contribution in [3.05, 3.63) is 78.8 Å². The van der Waals surface area contributed by atoms with Crippen LogP contribution in [0.1, 0.15) is 10.6 Å². The lowest BCUT2D eigenvalue weighted by molar-refractivity contribution is 0.0996. The molecule has 6 nitrogen and oxygen atoms in total. The number of benzene rings is 2. The molecule has 25 heavy (non-hydrogen) atoms. The Morgan fingerprint density at radius 1 is 0.960 bits per heavy atom. The third-order valence-electron chi connectivity index (χ3n) is 3.69. The minimum Gasteiger partial charge on any atom is -0.459 e. The maximum atomic E-state index is 12.2. The Balaban J connectivity index is 1.65. The second kappa shape index (κ2) is 6.45. The largest absolute Gasteiger partial charge is 0.459 e. The number of H-pyrrole nitrogens is 1. The number of nitrogens with one attached hydrogen (secondary N) is 2. The molecule has 0 aliphatic rings. The topological polar surface area (TPSA) is 83.8 Å². The van der Waals surface area contributed by atoms with Crippen molar-refractivity contribution in [2.24, 2.45) is 0 Å². The summed E-state index contributed by atoms with van der Waals surface area (Å²) in [4.78, 5) is 16.8. The maximum absolute atomic E-state index is 12.2. The summed E-state index contributed by atoms with van der Waals surface area (Å²) in [6.45, 7) is 0. The predicted molar refractivity (Wildman–Crippen MR) is 93.9 cm³/mol. The van der Waals surface area contributed by atoms with Gasteiger partial charge in [-0.15, -0.1) is 0 Å². The van der Waals surface area contributed by atoms with Crippen LogP contribution in [0.3, 0.4) is 0 Å². The van der Waals surface area contributed by atoms with Gasteiger partial charge < -0.3 is 9.73 Å². The van der Waals surface area contributed by atoms with E-state index in [1.54, 1.807) is 18.2 Å². The Morgan fingerprint density at radius 2 is 1.76 bits per heavy atom. The Hall–Kier alpha value is -3.67. The van der Waals surface area contributed by atoms with Gasteiger partial charge in [0.25, 0.3) is 5.91 Å². The molecule has 0 aliphatic carbocycles. The van der Waals surface area contributed by atoms with Crippen molar-refractivity contribution in [2.45, 2.75) is 0 Å². The molecule has 0 unspecified atom stereocenters. The van der Waals surface area contributed by atoms with Crippen molar-refractivity contribution in [2.75, 3.05) is 5.32 Å². The van der Waals surface area contributed by atoms with Gasteiger partial charge in [0.15, 0.2) is 17.4 Å². The van der Waals surface area contributed by atoms with Crippen LogP contribution in [0.5, 0.6) is 0 Å². The number of rotatable bonds is 4. The van der Waals surface area contributed by atoms with Gasteiger partial charge in [-0.1, -0.05) is 42.5 Å². The van der Waals surface area contributed by atoms with Crippen LogP contribution < -0.4 is 5.32 Å². The molecule has 0 bridgehead atoms. The first-order chi connectivity index (χ1) is 12.3. The SMILES string of the molecule is O=C(Nc1ccccc1-c1nc(-c2ccccc2)n[nH]1)c1ccco1. The Kier molecular flexibility index (Phi) is 3.84. The minimum atomic E-state index is -0.319. The monoisotopic (exact) mass is 330 g/mol. The van der Waals surface area contributed by atoms with Gasteiger partial charge >= 0.3 is 0 Å². The summed E-state index contributed by atoms with van der Waals surface area (Å²) in [6, 6.07) is 20.4.